The fraction of sp³-hybridized carbons (Fsp3) is 0.500. The number of carbonyl (C=O) groups is 2. The maximum absolute atomic E-state index is 11.7. The van der Waals surface area contributed by atoms with Gasteiger partial charge in [-0.3, -0.25) is 9.59 Å². The number of carboxylic acid groups (broad SMARTS) is 1. The molecule has 1 amide bonds. The van der Waals surface area contributed by atoms with Gasteiger partial charge in [0.25, 0.3) is 0 Å². The molecular weight excluding hydrogens is 260 g/mol. The number of aliphatic carboxylic acids is 1. The van der Waals surface area contributed by atoms with Crippen LogP contribution in [0.2, 0.25) is 0 Å². The van der Waals surface area contributed by atoms with Gasteiger partial charge < -0.3 is 15.0 Å². The van der Waals surface area contributed by atoms with Crippen LogP contribution in [0.1, 0.15) is 26.7 Å². The van der Waals surface area contributed by atoms with Crippen LogP contribution in [-0.4, -0.2) is 27.6 Å². The molecule has 1 unspecified atom stereocenters. The van der Waals surface area contributed by atoms with Crippen molar-refractivity contribution in [3.05, 3.63) is 34.7 Å². The fourth-order valence-corrected chi connectivity index (χ4v) is 1.81. The number of pyridine rings is 1. The Morgan fingerprint density at radius 2 is 2.05 bits per heavy atom. The predicted molar refractivity (Wildman–Crippen MR) is 74.3 cm³/mol. The monoisotopic (exact) mass is 280 g/mol. The number of hydrogen-bond donors (Lipinski definition) is 2. The van der Waals surface area contributed by atoms with Crippen LogP contribution in [0, 0.1) is 5.92 Å². The average molecular weight is 280 g/mol. The molecule has 0 aliphatic carbocycles. The number of nitrogens with zero attached hydrogens (tertiary/aromatic N) is 1. The largest absolute Gasteiger partial charge is 0.480 e. The van der Waals surface area contributed by atoms with E-state index in [0.717, 1.165) is 0 Å². The van der Waals surface area contributed by atoms with Gasteiger partial charge in [-0.25, -0.2) is 4.79 Å². The Bertz CT molecular complexity index is 522. The molecule has 0 aliphatic rings. The number of carbonyl (C=O) groups excluding carboxylic acids is 1. The van der Waals surface area contributed by atoms with Gasteiger partial charge in [0.05, 0.1) is 0 Å². The Kier molecular flexibility index (Phi) is 5.96. The summed E-state index contributed by atoms with van der Waals surface area (Å²) in [6.45, 7) is 3.91. The minimum Gasteiger partial charge on any atom is -0.480 e. The molecule has 2 N–H and O–H groups in total. The Hall–Kier alpha value is -2.11. The summed E-state index contributed by atoms with van der Waals surface area (Å²) in [5.41, 5.74) is -0.112. The molecule has 0 saturated carbocycles. The van der Waals surface area contributed by atoms with E-state index in [4.69, 9.17) is 5.11 Å². The predicted octanol–water partition coefficient (Wildman–Crippen LogP) is 0.854. The Labute approximate surface area is 117 Å². The molecule has 1 heterocycles. The number of rotatable bonds is 7. The zero-order valence-corrected chi connectivity index (χ0v) is 11.7. The van der Waals surface area contributed by atoms with Crippen molar-refractivity contribution in [2.24, 2.45) is 5.92 Å². The SMILES string of the molecule is CC(C)C(NC(=O)CCCn1ccccc1=O)C(=O)O. The molecule has 110 valence electrons. The van der Waals surface area contributed by atoms with Gasteiger partial charge in [-0.05, 0) is 18.4 Å². The van der Waals surface area contributed by atoms with Gasteiger partial charge in [0, 0.05) is 25.2 Å². The Morgan fingerprint density at radius 3 is 2.60 bits per heavy atom. The molecule has 1 atom stereocenters. The Balaban J connectivity index is 2.42. The molecule has 1 aromatic rings. The first-order chi connectivity index (χ1) is 9.41. The van der Waals surface area contributed by atoms with Crippen LogP contribution in [0.4, 0.5) is 0 Å². The topological polar surface area (TPSA) is 88.4 Å². The number of amides is 1. The van der Waals surface area contributed by atoms with Crippen molar-refractivity contribution >= 4 is 11.9 Å². The van der Waals surface area contributed by atoms with Gasteiger partial charge in [0.2, 0.25) is 11.5 Å². The molecule has 20 heavy (non-hydrogen) atoms. The summed E-state index contributed by atoms with van der Waals surface area (Å²) in [5.74, 6) is -1.52. The number of carboxylic acids is 1. The second-order valence-corrected chi connectivity index (χ2v) is 4.96. The average Bonchev–Trinajstić information content (AvgIpc) is 2.37. The summed E-state index contributed by atoms with van der Waals surface area (Å²) in [5, 5.41) is 11.5. The first-order valence-corrected chi connectivity index (χ1v) is 6.59. The second kappa shape index (κ2) is 7.47. The summed E-state index contributed by atoms with van der Waals surface area (Å²) in [7, 11) is 0. The summed E-state index contributed by atoms with van der Waals surface area (Å²) in [6, 6.07) is 3.99. The highest BCUT2D eigenvalue weighted by atomic mass is 16.4. The number of aromatic nitrogens is 1. The molecule has 6 nitrogen and oxygen atoms in total. The smallest absolute Gasteiger partial charge is 0.326 e. The van der Waals surface area contributed by atoms with Gasteiger partial charge in [-0.1, -0.05) is 19.9 Å². The van der Waals surface area contributed by atoms with E-state index in [1.165, 1.54) is 10.6 Å². The molecule has 0 bridgehead atoms. The summed E-state index contributed by atoms with van der Waals surface area (Å²) < 4.78 is 1.52. The van der Waals surface area contributed by atoms with E-state index in [2.05, 4.69) is 5.32 Å². The van der Waals surface area contributed by atoms with Crippen molar-refractivity contribution in [2.45, 2.75) is 39.3 Å². The molecule has 0 aliphatic heterocycles. The minimum atomic E-state index is -1.03. The van der Waals surface area contributed by atoms with Crippen LogP contribution in [-0.2, 0) is 16.1 Å². The molecule has 1 aromatic heterocycles. The highest BCUT2D eigenvalue weighted by Gasteiger charge is 2.22. The van der Waals surface area contributed by atoms with Crippen LogP contribution in [0.15, 0.2) is 29.2 Å². The van der Waals surface area contributed by atoms with Crippen molar-refractivity contribution < 1.29 is 14.7 Å². The molecule has 0 fully saturated rings. The van der Waals surface area contributed by atoms with E-state index in [0.29, 0.717) is 13.0 Å². The zero-order valence-electron chi connectivity index (χ0n) is 11.7. The third-order valence-corrected chi connectivity index (χ3v) is 2.95. The molecule has 6 heteroatoms. The number of nitrogens with one attached hydrogen (secondary N) is 1. The lowest BCUT2D eigenvalue weighted by Crippen LogP contribution is -2.44. The molecule has 0 saturated heterocycles. The maximum atomic E-state index is 11.7. The van der Waals surface area contributed by atoms with E-state index in [9.17, 15) is 14.4 Å². The third kappa shape index (κ3) is 4.87. The van der Waals surface area contributed by atoms with E-state index in [-0.39, 0.29) is 23.8 Å². The van der Waals surface area contributed by atoms with Gasteiger partial charge in [-0.2, -0.15) is 0 Å². The highest BCUT2D eigenvalue weighted by Crippen LogP contribution is 2.03. The van der Waals surface area contributed by atoms with Crippen molar-refractivity contribution in [1.29, 1.82) is 0 Å². The van der Waals surface area contributed by atoms with Crippen LogP contribution in [0.5, 0.6) is 0 Å². The fourth-order valence-electron chi connectivity index (χ4n) is 1.81. The van der Waals surface area contributed by atoms with Gasteiger partial charge in [-0.15, -0.1) is 0 Å². The van der Waals surface area contributed by atoms with Gasteiger partial charge in [0.15, 0.2) is 0 Å². The van der Waals surface area contributed by atoms with Gasteiger partial charge >= 0.3 is 5.97 Å². The molecular formula is C14H20N2O4. The molecule has 0 spiro atoms. The van der Waals surface area contributed by atoms with E-state index in [1.54, 1.807) is 32.2 Å². The minimum absolute atomic E-state index is 0.112. The van der Waals surface area contributed by atoms with Crippen LogP contribution < -0.4 is 10.9 Å². The maximum Gasteiger partial charge on any atom is 0.326 e. The first kappa shape index (κ1) is 15.9. The quantitative estimate of drug-likeness (QED) is 0.775. The van der Waals surface area contributed by atoms with Crippen LogP contribution in [0.25, 0.3) is 0 Å². The standard InChI is InChI=1S/C14H20N2O4/c1-10(2)13(14(19)20)15-11(17)6-5-9-16-8-4-3-7-12(16)18/h3-4,7-8,10,13H,5-6,9H2,1-2H3,(H,15,17)(H,19,20). The van der Waals surface area contributed by atoms with Crippen LogP contribution in [0.3, 0.4) is 0 Å². The highest BCUT2D eigenvalue weighted by molar-refractivity contribution is 5.83. The van der Waals surface area contributed by atoms with Crippen molar-refractivity contribution in [3.63, 3.8) is 0 Å². The normalized spacial score (nSPS) is 12.2. The van der Waals surface area contributed by atoms with Crippen molar-refractivity contribution in [2.75, 3.05) is 0 Å². The molecule has 1 rings (SSSR count). The second-order valence-electron chi connectivity index (χ2n) is 4.96. The Morgan fingerprint density at radius 1 is 1.35 bits per heavy atom. The summed E-state index contributed by atoms with van der Waals surface area (Å²) in [4.78, 5) is 34.1. The third-order valence-electron chi connectivity index (χ3n) is 2.95. The number of aryl methyl sites for hydroxylation is 1. The first-order valence-electron chi connectivity index (χ1n) is 6.59. The van der Waals surface area contributed by atoms with Crippen molar-refractivity contribution in [3.8, 4) is 0 Å². The summed E-state index contributed by atoms with van der Waals surface area (Å²) >= 11 is 0. The van der Waals surface area contributed by atoms with E-state index in [1.807, 2.05) is 0 Å². The molecule has 0 radical (unpaired) electrons. The van der Waals surface area contributed by atoms with Gasteiger partial charge in [0.1, 0.15) is 6.04 Å². The zero-order chi connectivity index (χ0) is 15.1. The molecule has 0 aromatic carbocycles. The lowest BCUT2D eigenvalue weighted by Gasteiger charge is -2.17. The van der Waals surface area contributed by atoms with Crippen molar-refractivity contribution in [1.82, 2.24) is 9.88 Å². The lowest BCUT2D eigenvalue weighted by atomic mass is 10.0. The van der Waals surface area contributed by atoms with E-state index < -0.39 is 12.0 Å². The lowest BCUT2D eigenvalue weighted by molar-refractivity contribution is -0.143. The van der Waals surface area contributed by atoms with Crippen LogP contribution >= 0.6 is 0 Å². The van der Waals surface area contributed by atoms with E-state index >= 15 is 0 Å². The summed E-state index contributed by atoms with van der Waals surface area (Å²) in [6.07, 6.45) is 2.34. The number of hydrogen-bond acceptors (Lipinski definition) is 3.